The molecule has 0 unspecified atom stereocenters. The standard InChI is InChI=1S/C12H12N6/c1-3-11(14-9-10-4-7-15-17-10)12(13-5-1)18-8-2-6-16-18/h1-8,14H,9H2,(H,15,17). The number of nitrogens with zero attached hydrogens (tertiary/aromatic N) is 4. The molecule has 0 aliphatic rings. The maximum atomic E-state index is 4.33. The fraction of sp³-hybridized carbons (Fsp3) is 0.0833. The lowest BCUT2D eigenvalue weighted by atomic mass is 10.3. The smallest absolute Gasteiger partial charge is 0.176 e. The van der Waals surface area contributed by atoms with Gasteiger partial charge in [0, 0.05) is 24.8 Å². The number of aromatic nitrogens is 5. The Morgan fingerprint density at radius 1 is 1.17 bits per heavy atom. The minimum absolute atomic E-state index is 0.667. The van der Waals surface area contributed by atoms with Gasteiger partial charge in [-0.05, 0) is 24.3 Å². The molecule has 0 fully saturated rings. The highest BCUT2D eigenvalue weighted by Crippen LogP contribution is 2.16. The third kappa shape index (κ3) is 2.08. The number of aromatic amines is 1. The lowest BCUT2D eigenvalue weighted by Crippen LogP contribution is -2.06. The number of pyridine rings is 1. The van der Waals surface area contributed by atoms with Crippen molar-refractivity contribution in [1.82, 2.24) is 25.0 Å². The molecule has 0 amide bonds. The first-order valence-corrected chi connectivity index (χ1v) is 5.60. The Bertz CT molecular complexity index is 599. The molecule has 0 aliphatic carbocycles. The number of hydrogen-bond acceptors (Lipinski definition) is 4. The van der Waals surface area contributed by atoms with Crippen LogP contribution in [0.4, 0.5) is 5.69 Å². The van der Waals surface area contributed by atoms with Gasteiger partial charge in [-0.2, -0.15) is 10.2 Å². The maximum Gasteiger partial charge on any atom is 0.176 e. The lowest BCUT2D eigenvalue weighted by molar-refractivity contribution is 0.845. The second-order valence-corrected chi connectivity index (χ2v) is 3.76. The molecule has 6 nitrogen and oxygen atoms in total. The zero-order valence-corrected chi connectivity index (χ0v) is 9.61. The summed E-state index contributed by atoms with van der Waals surface area (Å²) in [5, 5.41) is 14.3. The summed E-state index contributed by atoms with van der Waals surface area (Å²) in [6, 6.07) is 7.66. The van der Waals surface area contributed by atoms with E-state index in [0.29, 0.717) is 6.54 Å². The van der Waals surface area contributed by atoms with Gasteiger partial charge in [0.25, 0.3) is 0 Å². The van der Waals surface area contributed by atoms with Gasteiger partial charge in [0.1, 0.15) is 0 Å². The van der Waals surface area contributed by atoms with Crippen molar-refractivity contribution in [2.45, 2.75) is 6.54 Å². The molecule has 3 aromatic heterocycles. The van der Waals surface area contributed by atoms with Crippen LogP contribution in [0.25, 0.3) is 5.82 Å². The average Bonchev–Trinajstić information content (AvgIpc) is 3.10. The van der Waals surface area contributed by atoms with Crippen molar-refractivity contribution in [3.8, 4) is 5.82 Å². The number of nitrogens with one attached hydrogen (secondary N) is 2. The van der Waals surface area contributed by atoms with E-state index in [9.17, 15) is 0 Å². The third-order valence-corrected chi connectivity index (χ3v) is 2.54. The number of rotatable bonds is 4. The van der Waals surface area contributed by atoms with Gasteiger partial charge in [0.2, 0.25) is 0 Å². The van der Waals surface area contributed by atoms with Crippen molar-refractivity contribution in [2.75, 3.05) is 5.32 Å². The normalized spacial score (nSPS) is 10.4. The van der Waals surface area contributed by atoms with E-state index in [1.165, 1.54) is 0 Å². The molecule has 3 aromatic rings. The summed E-state index contributed by atoms with van der Waals surface area (Å²) in [4.78, 5) is 4.33. The number of H-pyrrole nitrogens is 1. The Morgan fingerprint density at radius 3 is 2.94 bits per heavy atom. The highest BCUT2D eigenvalue weighted by atomic mass is 15.3. The molecule has 0 bridgehead atoms. The molecule has 0 aliphatic heterocycles. The SMILES string of the molecule is c1cnc(-n2cccn2)c(NCc2ccn[nH]2)c1. The Labute approximate surface area is 104 Å². The van der Waals surface area contributed by atoms with Gasteiger partial charge >= 0.3 is 0 Å². The summed E-state index contributed by atoms with van der Waals surface area (Å²) in [5.41, 5.74) is 1.95. The van der Waals surface area contributed by atoms with Crippen LogP contribution in [0.5, 0.6) is 0 Å². The molecule has 0 saturated carbocycles. The van der Waals surface area contributed by atoms with Crippen LogP contribution >= 0.6 is 0 Å². The van der Waals surface area contributed by atoms with Crippen LogP contribution in [0.3, 0.4) is 0 Å². The van der Waals surface area contributed by atoms with E-state index in [-0.39, 0.29) is 0 Å². The number of hydrogen-bond donors (Lipinski definition) is 2. The average molecular weight is 240 g/mol. The van der Waals surface area contributed by atoms with Gasteiger partial charge in [0.15, 0.2) is 5.82 Å². The molecular formula is C12H12N6. The van der Waals surface area contributed by atoms with Gasteiger partial charge in [-0.25, -0.2) is 9.67 Å². The van der Waals surface area contributed by atoms with Crippen LogP contribution in [-0.4, -0.2) is 25.0 Å². The first-order valence-electron chi connectivity index (χ1n) is 5.60. The molecule has 90 valence electrons. The van der Waals surface area contributed by atoms with Crippen molar-refractivity contribution < 1.29 is 0 Å². The molecule has 0 radical (unpaired) electrons. The topological polar surface area (TPSA) is 71.4 Å². The molecule has 0 atom stereocenters. The summed E-state index contributed by atoms with van der Waals surface area (Å²) in [6.07, 6.45) is 7.07. The second kappa shape index (κ2) is 4.70. The molecule has 0 saturated heterocycles. The molecule has 6 heteroatoms. The first-order chi connectivity index (χ1) is 8.93. The van der Waals surface area contributed by atoms with Crippen molar-refractivity contribution in [3.05, 3.63) is 54.7 Å². The maximum absolute atomic E-state index is 4.33. The minimum atomic E-state index is 0.667. The van der Waals surface area contributed by atoms with Gasteiger partial charge in [-0.3, -0.25) is 5.10 Å². The second-order valence-electron chi connectivity index (χ2n) is 3.76. The fourth-order valence-electron chi connectivity index (χ4n) is 1.69. The summed E-state index contributed by atoms with van der Waals surface area (Å²) in [5.74, 6) is 0.780. The molecule has 0 spiro atoms. The van der Waals surface area contributed by atoms with Gasteiger partial charge < -0.3 is 5.32 Å². The summed E-state index contributed by atoms with van der Waals surface area (Å²) >= 11 is 0. The van der Waals surface area contributed by atoms with Crippen LogP contribution in [0.2, 0.25) is 0 Å². The molecule has 2 N–H and O–H groups in total. The van der Waals surface area contributed by atoms with Gasteiger partial charge in [0.05, 0.1) is 17.9 Å². The Balaban J connectivity index is 1.84. The molecule has 0 aromatic carbocycles. The number of anilines is 1. The summed E-state index contributed by atoms with van der Waals surface area (Å²) < 4.78 is 1.73. The first kappa shape index (κ1) is 10.5. The highest BCUT2D eigenvalue weighted by Gasteiger charge is 2.05. The Hall–Kier alpha value is -2.63. The van der Waals surface area contributed by atoms with Gasteiger partial charge in [-0.1, -0.05) is 0 Å². The summed E-state index contributed by atoms with van der Waals surface area (Å²) in [6.45, 7) is 0.667. The van der Waals surface area contributed by atoms with Crippen LogP contribution in [0.1, 0.15) is 5.69 Å². The van der Waals surface area contributed by atoms with Crippen molar-refractivity contribution in [1.29, 1.82) is 0 Å². The van der Waals surface area contributed by atoms with E-state index in [1.54, 1.807) is 23.3 Å². The van der Waals surface area contributed by atoms with Crippen molar-refractivity contribution in [2.24, 2.45) is 0 Å². The van der Waals surface area contributed by atoms with E-state index in [4.69, 9.17) is 0 Å². The van der Waals surface area contributed by atoms with Crippen molar-refractivity contribution >= 4 is 5.69 Å². The largest absolute Gasteiger partial charge is 0.376 e. The van der Waals surface area contributed by atoms with Gasteiger partial charge in [-0.15, -0.1) is 0 Å². The molecule has 18 heavy (non-hydrogen) atoms. The zero-order chi connectivity index (χ0) is 12.2. The van der Waals surface area contributed by atoms with Crippen LogP contribution in [-0.2, 0) is 6.54 Å². The predicted octanol–water partition coefficient (Wildman–Crippen LogP) is 1.60. The van der Waals surface area contributed by atoms with E-state index < -0.39 is 0 Å². The predicted molar refractivity (Wildman–Crippen MR) is 67.3 cm³/mol. The third-order valence-electron chi connectivity index (χ3n) is 2.54. The van der Waals surface area contributed by atoms with E-state index in [2.05, 4.69) is 25.6 Å². The Morgan fingerprint density at radius 2 is 2.17 bits per heavy atom. The highest BCUT2D eigenvalue weighted by molar-refractivity contribution is 5.56. The molecule has 3 heterocycles. The summed E-state index contributed by atoms with van der Waals surface area (Å²) in [7, 11) is 0. The van der Waals surface area contributed by atoms with Crippen LogP contribution < -0.4 is 5.32 Å². The zero-order valence-electron chi connectivity index (χ0n) is 9.61. The lowest BCUT2D eigenvalue weighted by Gasteiger charge is -2.09. The monoisotopic (exact) mass is 240 g/mol. The molecule has 3 rings (SSSR count). The van der Waals surface area contributed by atoms with E-state index in [0.717, 1.165) is 17.2 Å². The minimum Gasteiger partial charge on any atom is -0.376 e. The van der Waals surface area contributed by atoms with E-state index >= 15 is 0 Å². The van der Waals surface area contributed by atoms with Crippen LogP contribution in [0.15, 0.2) is 49.1 Å². The van der Waals surface area contributed by atoms with Crippen LogP contribution in [0, 0.1) is 0 Å². The molecular weight excluding hydrogens is 228 g/mol. The fourth-order valence-corrected chi connectivity index (χ4v) is 1.69. The van der Waals surface area contributed by atoms with E-state index in [1.807, 2.05) is 30.5 Å². The Kier molecular flexibility index (Phi) is 2.75. The quantitative estimate of drug-likeness (QED) is 0.726. The van der Waals surface area contributed by atoms with Crippen molar-refractivity contribution in [3.63, 3.8) is 0 Å².